The van der Waals surface area contributed by atoms with E-state index in [0.717, 1.165) is 61.9 Å². The Kier molecular flexibility index (Phi) is 7.01. The molecule has 3 aromatic carbocycles. The highest BCUT2D eigenvalue weighted by Gasteiger charge is 2.37. The maximum atomic E-state index is 5.66. The molecule has 0 amide bonds. The minimum Gasteiger partial charge on any atom is -0.454 e. The summed E-state index contributed by atoms with van der Waals surface area (Å²) in [4.78, 5) is 2.48. The largest absolute Gasteiger partial charge is 0.454 e. The minimum atomic E-state index is 0.279. The van der Waals surface area contributed by atoms with Gasteiger partial charge in [0.2, 0.25) is 19.3 Å². The number of benzene rings is 3. The summed E-state index contributed by atoms with van der Waals surface area (Å²) >= 11 is 0. The second-order valence-electron chi connectivity index (χ2n) is 10.1. The predicted molar refractivity (Wildman–Crippen MR) is 146 cm³/mol. The first-order valence-electron chi connectivity index (χ1n) is 13.4. The number of fused-ring (bicyclic) bond motifs is 2. The van der Waals surface area contributed by atoms with E-state index in [1.54, 1.807) is 0 Å². The molecule has 0 radical (unpaired) electrons. The quantitative estimate of drug-likeness (QED) is 0.338. The van der Waals surface area contributed by atoms with Crippen LogP contribution < -0.4 is 18.9 Å². The molecular formula is C31H34N3O4+. The SMILES string of the molecule is CCCCC1C(c2ccccc2)=N[N+](C)=C1CN(Cc1ccc2c(c1)OCO2)Cc1ccc2c(c1)OCO2. The summed E-state index contributed by atoms with van der Waals surface area (Å²) in [7, 11) is 2.09. The molecule has 6 rings (SSSR count). The van der Waals surface area contributed by atoms with E-state index in [1.165, 1.54) is 28.1 Å². The van der Waals surface area contributed by atoms with Gasteiger partial charge in [0.15, 0.2) is 30.0 Å². The Balaban J connectivity index is 1.28. The average Bonchev–Trinajstić information content (AvgIpc) is 3.67. The van der Waals surface area contributed by atoms with E-state index in [0.29, 0.717) is 5.92 Å². The van der Waals surface area contributed by atoms with Crippen LogP contribution in [0.5, 0.6) is 23.0 Å². The van der Waals surface area contributed by atoms with E-state index in [4.69, 9.17) is 24.0 Å². The topological polar surface area (TPSA) is 55.5 Å². The number of hydrogen-bond donors (Lipinski definition) is 0. The van der Waals surface area contributed by atoms with E-state index in [-0.39, 0.29) is 13.6 Å². The third kappa shape index (κ3) is 5.11. The molecule has 3 aliphatic rings. The van der Waals surface area contributed by atoms with Gasteiger partial charge in [-0.2, -0.15) is 0 Å². The van der Waals surface area contributed by atoms with Crippen molar-refractivity contribution in [3.05, 3.63) is 83.4 Å². The summed E-state index contributed by atoms with van der Waals surface area (Å²) in [6.07, 6.45) is 3.41. The fraction of sp³-hybridized carbons (Fsp3) is 0.355. The summed E-state index contributed by atoms with van der Waals surface area (Å²) in [5, 5.41) is 5.05. The van der Waals surface area contributed by atoms with Crippen molar-refractivity contribution in [2.45, 2.75) is 39.3 Å². The molecule has 0 saturated carbocycles. The maximum Gasteiger partial charge on any atom is 0.231 e. The molecule has 0 N–H and O–H groups in total. The Morgan fingerprint density at radius 2 is 1.39 bits per heavy atom. The number of hydrazone groups is 1. The van der Waals surface area contributed by atoms with Crippen LogP contribution in [0.15, 0.2) is 71.8 Å². The zero-order valence-electron chi connectivity index (χ0n) is 22.1. The lowest BCUT2D eigenvalue weighted by atomic mass is 9.88. The van der Waals surface area contributed by atoms with Gasteiger partial charge >= 0.3 is 0 Å². The van der Waals surface area contributed by atoms with Crippen LogP contribution in [0.3, 0.4) is 0 Å². The van der Waals surface area contributed by atoms with Gasteiger partial charge in [-0.25, -0.2) is 0 Å². The third-order valence-electron chi connectivity index (χ3n) is 7.39. The number of ether oxygens (including phenoxy) is 4. The first kappa shape index (κ1) is 24.5. The van der Waals surface area contributed by atoms with Crippen molar-refractivity contribution in [2.24, 2.45) is 11.0 Å². The molecule has 0 saturated heterocycles. The second kappa shape index (κ2) is 10.9. The molecule has 1 unspecified atom stereocenters. The number of nitrogens with zero attached hydrogens (tertiary/aromatic N) is 3. The number of unbranched alkanes of at least 4 members (excludes halogenated alkanes) is 1. The number of rotatable bonds is 10. The standard InChI is InChI=1S/C31H34N3O4/c1-3-4-10-25-26(33(2)32-31(25)24-8-6-5-7-9-24)19-34(17-22-11-13-27-29(15-22)37-20-35-27)18-23-12-14-28-30(16-23)38-21-36-28/h5-9,11-16,25H,3-4,10,17-21H2,1-2H3/q+1. The van der Waals surface area contributed by atoms with Gasteiger partial charge in [-0.3, -0.25) is 4.90 Å². The van der Waals surface area contributed by atoms with Crippen molar-refractivity contribution in [3.63, 3.8) is 0 Å². The van der Waals surface area contributed by atoms with Gasteiger partial charge in [-0.05, 0) is 46.9 Å². The molecule has 0 aliphatic carbocycles. The lowest BCUT2D eigenvalue weighted by Gasteiger charge is -2.23. The van der Waals surface area contributed by atoms with Gasteiger partial charge in [-0.15, -0.1) is 0 Å². The predicted octanol–water partition coefficient (Wildman–Crippen LogP) is 5.45. The van der Waals surface area contributed by atoms with Crippen LogP contribution in [-0.4, -0.2) is 48.2 Å². The summed E-state index contributed by atoms with van der Waals surface area (Å²) in [5.74, 6) is 3.53. The highest BCUT2D eigenvalue weighted by atomic mass is 16.7. The molecule has 3 aliphatic heterocycles. The highest BCUT2D eigenvalue weighted by molar-refractivity contribution is 6.15. The fourth-order valence-corrected chi connectivity index (χ4v) is 5.46. The summed E-state index contributed by atoms with van der Waals surface area (Å²) in [6, 6.07) is 23.1. The van der Waals surface area contributed by atoms with Gasteiger partial charge in [-0.1, -0.05) is 66.9 Å². The summed E-state index contributed by atoms with van der Waals surface area (Å²) in [6.45, 7) is 5.15. The van der Waals surface area contributed by atoms with Crippen molar-refractivity contribution in [2.75, 3.05) is 27.2 Å². The molecule has 1 atom stereocenters. The molecule has 7 heteroatoms. The molecular weight excluding hydrogens is 478 g/mol. The van der Waals surface area contributed by atoms with Gasteiger partial charge in [0.1, 0.15) is 5.71 Å². The lowest BCUT2D eigenvalue weighted by molar-refractivity contribution is -0.501. The molecule has 3 heterocycles. The number of hydrogen-bond acceptors (Lipinski definition) is 6. The normalized spacial score (nSPS) is 17.4. The Hall–Kier alpha value is -3.84. The van der Waals surface area contributed by atoms with Gasteiger partial charge in [0, 0.05) is 18.7 Å². The van der Waals surface area contributed by atoms with Crippen LogP contribution in [0.25, 0.3) is 0 Å². The van der Waals surface area contributed by atoms with Crippen molar-refractivity contribution in [3.8, 4) is 23.0 Å². The molecule has 0 spiro atoms. The second-order valence-corrected chi connectivity index (χ2v) is 10.1. The molecule has 3 aromatic rings. The summed E-state index contributed by atoms with van der Waals surface area (Å²) < 4.78 is 24.5. The van der Waals surface area contributed by atoms with E-state index in [2.05, 4.69) is 78.2 Å². The third-order valence-corrected chi connectivity index (χ3v) is 7.39. The van der Waals surface area contributed by atoms with Gasteiger partial charge in [0.25, 0.3) is 0 Å². The zero-order valence-corrected chi connectivity index (χ0v) is 22.1. The molecule has 0 aromatic heterocycles. The molecule has 0 bridgehead atoms. The lowest BCUT2D eigenvalue weighted by Crippen LogP contribution is -2.36. The van der Waals surface area contributed by atoms with Crippen molar-refractivity contribution in [1.82, 2.24) is 4.90 Å². The average molecular weight is 513 g/mol. The molecule has 38 heavy (non-hydrogen) atoms. The van der Waals surface area contributed by atoms with Crippen LogP contribution in [0.4, 0.5) is 0 Å². The van der Waals surface area contributed by atoms with Crippen LogP contribution in [0, 0.1) is 5.92 Å². The van der Waals surface area contributed by atoms with Gasteiger partial charge in [0.05, 0.1) is 12.5 Å². The molecule has 196 valence electrons. The molecule has 0 fully saturated rings. The van der Waals surface area contributed by atoms with Crippen molar-refractivity contribution >= 4 is 11.4 Å². The van der Waals surface area contributed by atoms with E-state index < -0.39 is 0 Å². The van der Waals surface area contributed by atoms with E-state index in [1.807, 2.05) is 12.1 Å². The van der Waals surface area contributed by atoms with Crippen molar-refractivity contribution < 1.29 is 23.6 Å². The first-order chi connectivity index (χ1) is 18.7. The van der Waals surface area contributed by atoms with Crippen LogP contribution >= 0.6 is 0 Å². The van der Waals surface area contributed by atoms with E-state index >= 15 is 0 Å². The van der Waals surface area contributed by atoms with Crippen LogP contribution in [-0.2, 0) is 13.1 Å². The Labute approximate surface area is 223 Å². The van der Waals surface area contributed by atoms with E-state index in [9.17, 15) is 0 Å². The highest BCUT2D eigenvalue weighted by Crippen LogP contribution is 2.35. The Morgan fingerprint density at radius 1 is 0.789 bits per heavy atom. The van der Waals surface area contributed by atoms with Gasteiger partial charge < -0.3 is 18.9 Å². The van der Waals surface area contributed by atoms with Crippen molar-refractivity contribution in [1.29, 1.82) is 0 Å². The Morgan fingerprint density at radius 3 is 2.00 bits per heavy atom. The smallest absolute Gasteiger partial charge is 0.231 e. The maximum absolute atomic E-state index is 5.66. The monoisotopic (exact) mass is 512 g/mol. The first-order valence-corrected chi connectivity index (χ1v) is 13.4. The minimum absolute atomic E-state index is 0.279. The zero-order chi connectivity index (χ0) is 25.9. The van der Waals surface area contributed by atoms with Crippen LogP contribution in [0.1, 0.15) is 42.9 Å². The Bertz CT molecular complexity index is 1310. The van der Waals surface area contributed by atoms with Crippen LogP contribution in [0.2, 0.25) is 0 Å². The fourth-order valence-electron chi connectivity index (χ4n) is 5.46. The molecule has 7 nitrogen and oxygen atoms in total. The summed E-state index contributed by atoms with van der Waals surface area (Å²) in [5.41, 5.74) is 6.08.